The number of benzene rings is 1. The lowest BCUT2D eigenvalue weighted by atomic mass is 9.76. The molecule has 144 valence electrons. The summed E-state index contributed by atoms with van der Waals surface area (Å²) in [6, 6.07) is 9.17. The van der Waals surface area contributed by atoms with Crippen molar-refractivity contribution < 1.29 is 13.2 Å². The Morgan fingerprint density at radius 3 is 1.69 bits per heavy atom. The maximum Gasteiger partial charge on any atom is 0.409 e. The lowest BCUT2D eigenvalue weighted by Gasteiger charge is -2.29. The molecule has 0 aliphatic heterocycles. The molecule has 0 spiro atoms. The third-order valence-corrected chi connectivity index (χ3v) is 6.63. The van der Waals surface area contributed by atoms with E-state index >= 15 is 0 Å². The molecular weight excluding hydrogens is 333 g/mol. The van der Waals surface area contributed by atoms with Gasteiger partial charge in [0.05, 0.1) is 0 Å². The lowest BCUT2D eigenvalue weighted by Crippen LogP contribution is -2.14. The summed E-state index contributed by atoms with van der Waals surface area (Å²) in [6.45, 7) is 2.30. The number of rotatable bonds is 4. The standard InChI is InChI=1S/C23H31F3/c1-2-17-3-7-19(8-4-17)21-11-13-22(14-12-21)20-9-5-18(6-10-20)15-16-23(24,25)26/h11-20H,2-10H2,1H3/t17-,18-,19-,20-. The third-order valence-electron chi connectivity index (χ3n) is 6.63. The van der Waals surface area contributed by atoms with Gasteiger partial charge in [0.15, 0.2) is 0 Å². The topological polar surface area (TPSA) is 0 Å². The maximum absolute atomic E-state index is 12.3. The Bertz CT molecular complexity index is 568. The summed E-state index contributed by atoms with van der Waals surface area (Å²) in [5.74, 6) is 2.23. The van der Waals surface area contributed by atoms with E-state index in [1.165, 1.54) is 49.3 Å². The van der Waals surface area contributed by atoms with Crippen molar-refractivity contribution in [1.29, 1.82) is 0 Å². The molecule has 0 aromatic heterocycles. The van der Waals surface area contributed by atoms with E-state index in [9.17, 15) is 13.2 Å². The largest absolute Gasteiger partial charge is 0.409 e. The van der Waals surface area contributed by atoms with E-state index < -0.39 is 6.18 Å². The number of hydrogen-bond acceptors (Lipinski definition) is 0. The Hall–Kier alpha value is -1.25. The number of hydrogen-bond donors (Lipinski definition) is 0. The van der Waals surface area contributed by atoms with Gasteiger partial charge >= 0.3 is 6.18 Å². The SMILES string of the molecule is CC[C@H]1CC[C@H](c2ccc([C@H]3CC[C@H](C=CC(F)(F)F)CC3)cc2)CC1. The molecule has 2 aliphatic carbocycles. The zero-order valence-electron chi connectivity index (χ0n) is 15.8. The Morgan fingerprint density at radius 1 is 0.808 bits per heavy atom. The van der Waals surface area contributed by atoms with Crippen molar-refractivity contribution in [2.24, 2.45) is 11.8 Å². The van der Waals surface area contributed by atoms with Gasteiger partial charge in [-0.15, -0.1) is 0 Å². The van der Waals surface area contributed by atoms with Crippen molar-refractivity contribution in [2.45, 2.75) is 82.7 Å². The van der Waals surface area contributed by atoms with Crippen molar-refractivity contribution in [2.75, 3.05) is 0 Å². The summed E-state index contributed by atoms with van der Waals surface area (Å²) in [6.07, 6.45) is 7.98. The second-order valence-electron chi connectivity index (χ2n) is 8.30. The lowest BCUT2D eigenvalue weighted by molar-refractivity contribution is -0.0803. The van der Waals surface area contributed by atoms with E-state index in [0.717, 1.165) is 37.5 Å². The van der Waals surface area contributed by atoms with E-state index in [-0.39, 0.29) is 5.92 Å². The highest BCUT2D eigenvalue weighted by molar-refractivity contribution is 5.28. The molecule has 2 aliphatic rings. The normalized spacial score (nSPS) is 30.6. The van der Waals surface area contributed by atoms with E-state index in [1.807, 2.05) is 0 Å². The van der Waals surface area contributed by atoms with Crippen molar-refractivity contribution in [3.63, 3.8) is 0 Å². The molecule has 0 amide bonds. The van der Waals surface area contributed by atoms with E-state index in [4.69, 9.17) is 0 Å². The quantitative estimate of drug-likeness (QED) is 0.479. The highest BCUT2D eigenvalue weighted by Gasteiger charge is 2.26. The van der Waals surface area contributed by atoms with Crippen molar-refractivity contribution >= 4 is 0 Å². The summed E-state index contributed by atoms with van der Waals surface area (Å²) in [7, 11) is 0. The first-order valence-electron chi connectivity index (χ1n) is 10.3. The minimum absolute atomic E-state index is 0.0842. The molecule has 2 saturated carbocycles. The van der Waals surface area contributed by atoms with Crippen LogP contribution in [0.2, 0.25) is 0 Å². The Kier molecular flexibility index (Phi) is 6.47. The Balaban J connectivity index is 1.51. The highest BCUT2D eigenvalue weighted by atomic mass is 19.4. The van der Waals surface area contributed by atoms with Crippen molar-refractivity contribution in [3.05, 3.63) is 47.5 Å². The molecule has 0 bridgehead atoms. The highest BCUT2D eigenvalue weighted by Crippen LogP contribution is 2.39. The Labute approximate surface area is 155 Å². The fourth-order valence-electron chi connectivity index (χ4n) is 4.83. The van der Waals surface area contributed by atoms with Gasteiger partial charge in [0, 0.05) is 6.08 Å². The van der Waals surface area contributed by atoms with Crippen LogP contribution in [0.5, 0.6) is 0 Å². The summed E-state index contributed by atoms with van der Waals surface area (Å²) >= 11 is 0. The second-order valence-corrected chi connectivity index (χ2v) is 8.30. The molecule has 0 heterocycles. The third kappa shape index (κ3) is 5.37. The van der Waals surface area contributed by atoms with E-state index in [0.29, 0.717) is 12.0 Å². The fourth-order valence-corrected chi connectivity index (χ4v) is 4.83. The molecule has 0 unspecified atom stereocenters. The van der Waals surface area contributed by atoms with Gasteiger partial charge in [-0.05, 0) is 86.2 Å². The first-order chi connectivity index (χ1) is 12.4. The van der Waals surface area contributed by atoms with Crippen LogP contribution in [-0.2, 0) is 0 Å². The average molecular weight is 364 g/mol. The Morgan fingerprint density at radius 2 is 1.27 bits per heavy atom. The van der Waals surface area contributed by atoms with Gasteiger partial charge in [0.1, 0.15) is 0 Å². The molecule has 0 atom stereocenters. The fraction of sp³-hybridized carbons (Fsp3) is 0.652. The number of alkyl halides is 3. The second kappa shape index (κ2) is 8.63. The van der Waals surface area contributed by atoms with E-state index in [2.05, 4.69) is 31.2 Å². The monoisotopic (exact) mass is 364 g/mol. The molecule has 1 aromatic carbocycles. The maximum atomic E-state index is 12.3. The number of allylic oxidation sites excluding steroid dienone is 2. The van der Waals surface area contributed by atoms with Crippen LogP contribution < -0.4 is 0 Å². The van der Waals surface area contributed by atoms with E-state index in [1.54, 1.807) is 0 Å². The predicted octanol–water partition coefficient (Wildman–Crippen LogP) is 7.76. The minimum atomic E-state index is -4.18. The zero-order valence-corrected chi connectivity index (χ0v) is 15.8. The molecule has 0 N–H and O–H groups in total. The van der Waals surface area contributed by atoms with Crippen LogP contribution in [0, 0.1) is 11.8 Å². The summed E-state index contributed by atoms with van der Waals surface area (Å²) < 4.78 is 36.9. The molecule has 3 heteroatoms. The van der Waals surface area contributed by atoms with Crippen LogP contribution in [0.1, 0.15) is 87.7 Å². The number of halogens is 3. The van der Waals surface area contributed by atoms with Gasteiger partial charge in [0.2, 0.25) is 0 Å². The molecule has 0 nitrogen and oxygen atoms in total. The van der Waals surface area contributed by atoms with Crippen LogP contribution in [0.25, 0.3) is 0 Å². The van der Waals surface area contributed by atoms with Gasteiger partial charge in [-0.1, -0.05) is 43.7 Å². The molecular formula is C23H31F3. The van der Waals surface area contributed by atoms with Crippen LogP contribution in [-0.4, -0.2) is 6.18 Å². The molecule has 26 heavy (non-hydrogen) atoms. The first-order valence-corrected chi connectivity index (χ1v) is 10.3. The molecule has 1 aromatic rings. The predicted molar refractivity (Wildman–Crippen MR) is 101 cm³/mol. The molecule has 3 rings (SSSR count). The van der Waals surface area contributed by atoms with Crippen molar-refractivity contribution in [1.82, 2.24) is 0 Å². The smallest absolute Gasteiger partial charge is 0.167 e. The van der Waals surface area contributed by atoms with Gasteiger partial charge < -0.3 is 0 Å². The van der Waals surface area contributed by atoms with Crippen molar-refractivity contribution in [3.8, 4) is 0 Å². The summed E-state index contributed by atoms with van der Waals surface area (Å²) in [5.41, 5.74) is 2.85. The zero-order chi connectivity index (χ0) is 18.6. The molecule has 0 radical (unpaired) electrons. The van der Waals surface area contributed by atoms with Crippen LogP contribution in [0.15, 0.2) is 36.4 Å². The van der Waals surface area contributed by atoms with Crippen LogP contribution in [0.4, 0.5) is 13.2 Å². The average Bonchev–Trinajstić information content (AvgIpc) is 2.66. The first kappa shape index (κ1) is 19.5. The minimum Gasteiger partial charge on any atom is -0.167 e. The van der Waals surface area contributed by atoms with Gasteiger partial charge in [-0.2, -0.15) is 13.2 Å². The van der Waals surface area contributed by atoms with Gasteiger partial charge in [-0.25, -0.2) is 0 Å². The summed E-state index contributed by atoms with van der Waals surface area (Å²) in [4.78, 5) is 0. The van der Waals surface area contributed by atoms with Gasteiger partial charge in [-0.3, -0.25) is 0 Å². The molecule has 2 fully saturated rings. The molecule has 0 saturated heterocycles. The van der Waals surface area contributed by atoms with Crippen LogP contribution in [0.3, 0.4) is 0 Å². The van der Waals surface area contributed by atoms with Gasteiger partial charge in [0.25, 0.3) is 0 Å². The summed E-state index contributed by atoms with van der Waals surface area (Å²) in [5, 5.41) is 0. The van der Waals surface area contributed by atoms with Crippen LogP contribution >= 0.6 is 0 Å².